The number of hydrogen-bond acceptors (Lipinski definition) is 6. The van der Waals surface area contributed by atoms with Gasteiger partial charge in [-0.25, -0.2) is 4.98 Å². The lowest BCUT2D eigenvalue weighted by molar-refractivity contribution is -0.118. The van der Waals surface area contributed by atoms with Crippen molar-refractivity contribution >= 4 is 46.4 Å². The Balaban J connectivity index is 1.37. The smallest absolute Gasteiger partial charge is 0.264 e. The maximum absolute atomic E-state index is 12.7. The molecule has 1 amide bonds. The zero-order valence-electron chi connectivity index (χ0n) is 19.3. The second-order valence-corrected chi connectivity index (χ2v) is 10.7. The van der Waals surface area contributed by atoms with Crippen molar-refractivity contribution in [3.63, 3.8) is 0 Å². The third-order valence-corrected chi connectivity index (χ3v) is 8.80. The Kier molecular flexibility index (Phi) is 8.58. The predicted octanol–water partition coefficient (Wildman–Crippen LogP) is 5.26. The monoisotopic (exact) mass is 484 g/mol. The van der Waals surface area contributed by atoms with E-state index in [1.807, 2.05) is 59.9 Å². The van der Waals surface area contributed by atoms with E-state index >= 15 is 0 Å². The maximum atomic E-state index is 12.7. The molecule has 3 aromatic rings. The number of para-hydroxylation sites is 2. The standard InChI is InChI=1S/C25H32N4O2S2/c1-3-28(4-2)14-15-29-22-9-6-5-8-21(22)26-25(29)27-23(30)18-31-20-12-10-19(11-13-20)24-32-16-7-17-33-24/h5-6,8-13,24H,3-4,7,14-18H2,1-2H3,(H,26,27,30). The number of likely N-dealkylation sites (N-methyl/N-ethyl adjacent to an activating group) is 1. The molecule has 1 fully saturated rings. The zero-order chi connectivity index (χ0) is 23.0. The third kappa shape index (κ3) is 6.25. The van der Waals surface area contributed by atoms with Gasteiger partial charge in [-0.15, -0.1) is 23.5 Å². The number of fused-ring (bicyclic) bond motifs is 1. The number of thioether (sulfide) groups is 2. The minimum absolute atomic E-state index is 0.0501. The molecule has 0 unspecified atom stereocenters. The first-order valence-electron chi connectivity index (χ1n) is 11.6. The van der Waals surface area contributed by atoms with Crippen LogP contribution >= 0.6 is 23.5 Å². The van der Waals surface area contributed by atoms with Crippen molar-refractivity contribution in [3.8, 4) is 5.75 Å². The summed E-state index contributed by atoms with van der Waals surface area (Å²) in [6, 6.07) is 16.1. The van der Waals surface area contributed by atoms with Gasteiger partial charge >= 0.3 is 0 Å². The topological polar surface area (TPSA) is 59.4 Å². The third-order valence-electron chi connectivity index (χ3n) is 5.79. The van der Waals surface area contributed by atoms with Gasteiger partial charge in [-0.1, -0.05) is 38.1 Å². The number of nitrogens with zero attached hydrogens (tertiary/aromatic N) is 3. The van der Waals surface area contributed by atoms with E-state index in [-0.39, 0.29) is 12.5 Å². The molecule has 6 nitrogen and oxygen atoms in total. The van der Waals surface area contributed by atoms with Crippen LogP contribution in [0.1, 0.15) is 30.4 Å². The Morgan fingerprint density at radius 2 is 1.85 bits per heavy atom. The molecule has 2 heterocycles. The van der Waals surface area contributed by atoms with Crippen molar-refractivity contribution in [1.82, 2.24) is 14.5 Å². The van der Waals surface area contributed by atoms with Crippen LogP contribution in [0.3, 0.4) is 0 Å². The molecule has 0 radical (unpaired) electrons. The number of carbonyl (C=O) groups excluding carboxylic acids is 1. The van der Waals surface area contributed by atoms with Gasteiger partial charge in [0, 0.05) is 13.1 Å². The van der Waals surface area contributed by atoms with Crippen LogP contribution in [-0.4, -0.2) is 58.1 Å². The lowest BCUT2D eigenvalue weighted by atomic mass is 10.2. The summed E-state index contributed by atoms with van der Waals surface area (Å²) in [5.41, 5.74) is 3.21. The first-order chi connectivity index (χ1) is 16.2. The molecule has 0 aliphatic carbocycles. The molecule has 1 aliphatic heterocycles. The van der Waals surface area contributed by atoms with Crippen LogP contribution in [-0.2, 0) is 11.3 Å². The van der Waals surface area contributed by atoms with Gasteiger partial charge in [0.15, 0.2) is 6.61 Å². The fraction of sp³-hybridized carbons (Fsp3) is 0.440. The van der Waals surface area contributed by atoms with Crippen LogP contribution in [0.2, 0.25) is 0 Å². The summed E-state index contributed by atoms with van der Waals surface area (Å²) in [4.78, 5) is 19.7. The normalized spacial score (nSPS) is 14.6. The number of imidazole rings is 1. The SMILES string of the molecule is CCN(CC)CCn1c(NC(=O)COc2ccc(C3SCCCS3)cc2)nc2ccccc21. The Labute approximate surface area is 204 Å². The van der Waals surface area contributed by atoms with Gasteiger partial charge in [-0.3, -0.25) is 10.1 Å². The summed E-state index contributed by atoms with van der Waals surface area (Å²) in [6.07, 6.45) is 1.28. The molecule has 2 aromatic carbocycles. The molecule has 4 rings (SSSR count). The highest BCUT2D eigenvalue weighted by atomic mass is 32.2. The van der Waals surface area contributed by atoms with E-state index in [0.717, 1.165) is 37.2 Å². The van der Waals surface area contributed by atoms with Gasteiger partial charge < -0.3 is 14.2 Å². The van der Waals surface area contributed by atoms with Crippen LogP contribution < -0.4 is 10.1 Å². The number of anilines is 1. The molecular weight excluding hydrogens is 452 g/mol. The zero-order valence-corrected chi connectivity index (χ0v) is 21.0. The van der Waals surface area contributed by atoms with Crippen molar-refractivity contribution in [1.29, 1.82) is 0 Å². The Morgan fingerprint density at radius 1 is 1.12 bits per heavy atom. The molecule has 1 aromatic heterocycles. The van der Waals surface area contributed by atoms with E-state index < -0.39 is 0 Å². The lowest BCUT2D eigenvalue weighted by Gasteiger charge is -2.21. The first-order valence-corrected chi connectivity index (χ1v) is 13.7. The first kappa shape index (κ1) is 24.0. The van der Waals surface area contributed by atoms with Gasteiger partial charge in [-0.05, 0) is 60.8 Å². The number of benzene rings is 2. The van der Waals surface area contributed by atoms with E-state index in [1.165, 1.54) is 23.5 Å². The molecule has 0 spiro atoms. The fourth-order valence-corrected chi connectivity index (χ4v) is 6.78. The molecule has 176 valence electrons. The van der Waals surface area contributed by atoms with E-state index in [4.69, 9.17) is 4.74 Å². The molecule has 8 heteroatoms. The summed E-state index contributed by atoms with van der Waals surface area (Å²) >= 11 is 4.00. The van der Waals surface area contributed by atoms with Crippen LogP contribution in [0.15, 0.2) is 48.5 Å². The highest BCUT2D eigenvalue weighted by Gasteiger charge is 2.17. The molecule has 0 saturated carbocycles. The second-order valence-electron chi connectivity index (χ2n) is 7.94. The fourth-order valence-electron chi connectivity index (χ4n) is 3.89. The number of ether oxygens (including phenoxy) is 1. The van der Waals surface area contributed by atoms with E-state index in [0.29, 0.717) is 16.3 Å². The maximum Gasteiger partial charge on any atom is 0.264 e. The minimum Gasteiger partial charge on any atom is -0.484 e. The van der Waals surface area contributed by atoms with Gasteiger partial charge in [0.1, 0.15) is 5.75 Å². The Hall–Kier alpha value is -2.16. The minimum atomic E-state index is -0.211. The summed E-state index contributed by atoms with van der Waals surface area (Å²) in [5, 5.41) is 2.96. The largest absolute Gasteiger partial charge is 0.484 e. The average molecular weight is 485 g/mol. The summed E-state index contributed by atoms with van der Waals surface area (Å²) in [5.74, 6) is 3.50. The Morgan fingerprint density at radius 3 is 2.58 bits per heavy atom. The highest BCUT2D eigenvalue weighted by Crippen LogP contribution is 2.43. The molecule has 0 bridgehead atoms. The van der Waals surface area contributed by atoms with E-state index in [9.17, 15) is 4.79 Å². The molecule has 0 atom stereocenters. The average Bonchev–Trinajstić information content (AvgIpc) is 3.21. The second kappa shape index (κ2) is 11.8. The van der Waals surface area contributed by atoms with Crippen molar-refractivity contribution < 1.29 is 9.53 Å². The number of hydrogen-bond donors (Lipinski definition) is 1. The number of amides is 1. The number of nitrogens with one attached hydrogen (secondary N) is 1. The van der Waals surface area contributed by atoms with Crippen molar-refractivity contribution in [2.75, 3.05) is 43.1 Å². The van der Waals surface area contributed by atoms with E-state index in [1.54, 1.807) is 0 Å². The van der Waals surface area contributed by atoms with Crippen LogP contribution in [0.25, 0.3) is 11.0 Å². The molecule has 33 heavy (non-hydrogen) atoms. The Bertz CT molecular complexity index is 1040. The van der Waals surface area contributed by atoms with Crippen molar-refractivity contribution in [3.05, 3.63) is 54.1 Å². The quantitative estimate of drug-likeness (QED) is 0.423. The highest BCUT2D eigenvalue weighted by molar-refractivity contribution is 8.16. The van der Waals surface area contributed by atoms with Crippen LogP contribution in [0.4, 0.5) is 5.95 Å². The van der Waals surface area contributed by atoms with Crippen molar-refractivity contribution in [2.24, 2.45) is 0 Å². The summed E-state index contributed by atoms with van der Waals surface area (Å²) in [7, 11) is 0. The van der Waals surface area contributed by atoms with Crippen LogP contribution in [0.5, 0.6) is 5.75 Å². The summed E-state index contributed by atoms with van der Waals surface area (Å²) < 4.78 is 8.34. The number of carbonyl (C=O) groups is 1. The molecule has 1 aliphatic rings. The molecular formula is C25H32N4O2S2. The summed E-state index contributed by atoms with van der Waals surface area (Å²) in [6.45, 7) is 7.93. The van der Waals surface area contributed by atoms with Crippen LogP contribution in [0, 0.1) is 0 Å². The molecule has 1 N–H and O–H groups in total. The molecule has 1 saturated heterocycles. The predicted molar refractivity (Wildman–Crippen MR) is 140 cm³/mol. The lowest BCUT2D eigenvalue weighted by Crippen LogP contribution is -2.28. The van der Waals surface area contributed by atoms with Crippen molar-refractivity contribution in [2.45, 2.75) is 31.4 Å². The van der Waals surface area contributed by atoms with Gasteiger partial charge in [0.25, 0.3) is 5.91 Å². The van der Waals surface area contributed by atoms with Gasteiger partial charge in [0.05, 0.1) is 15.6 Å². The van der Waals surface area contributed by atoms with E-state index in [2.05, 4.69) is 45.7 Å². The van der Waals surface area contributed by atoms with Gasteiger partial charge in [0.2, 0.25) is 5.95 Å². The number of aromatic nitrogens is 2. The number of rotatable bonds is 10. The van der Waals surface area contributed by atoms with Gasteiger partial charge in [-0.2, -0.15) is 0 Å².